The minimum atomic E-state index is -3.86. The Kier molecular flexibility index (Phi) is 5.31. The summed E-state index contributed by atoms with van der Waals surface area (Å²) in [6.07, 6.45) is 4.63. The van der Waals surface area contributed by atoms with Gasteiger partial charge in [-0.1, -0.05) is 18.9 Å². The van der Waals surface area contributed by atoms with Crippen LogP contribution in [0.2, 0.25) is 0 Å². The maximum absolute atomic E-state index is 12.4. The number of amides is 1. The molecule has 1 amide bonds. The molecule has 9 heteroatoms. The molecule has 1 aromatic rings. The normalized spacial score (nSPS) is 26.3. The van der Waals surface area contributed by atoms with Crippen LogP contribution in [0.15, 0.2) is 29.2 Å². The average Bonchev–Trinajstić information content (AvgIpc) is 2.93. The molecular weight excluding hydrogens is 358 g/mol. The van der Waals surface area contributed by atoms with E-state index in [0.717, 1.165) is 25.7 Å². The molecule has 1 aliphatic heterocycles. The fourth-order valence-corrected chi connectivity index (χ4v) is 4.70. The number of nitrogens with zero attached hydrogens (tertiary/aromatic N) is 1. The highest BCUT2D eigenvalue weighted by molar-refractivity contribution is 7.89. The van der Waals surface area contributed by atoms with E-state index in [1.165, 1.54) is 18.2 Å². The molecule has 2 aliphatic rings. The Bertz CT molecular complexity index is 810. The summed E-state index contributed by atoms with van der Waals surface area (Å²) in [5, 5.41) is 17.2. The summed E-state index contributed by atoms with van der Waals surface area (Å²) in [4.78, 5) is 25.7. The second kappa shape index (κ2) is 7.34. The van der Waals surface area contributed by atoms with Crippen LogP contribution in [-0.2, 0) is 19.6 Å². The van der Waals surface area contributed by atoms with Crippen molar-refractivity contribution in [2.24, 2.45) is 11.1 Å². The van der Waals surface area contributed by atoms with Crippen molar-refractivity contribution in [1.29, 1.82) is 0 Å². The number of carboxylic acid groups (broad SMARTS) is 1. The molecule has 0 radical (unpaired) electrons. The molecule has 142 valence electrons. The number of benzene rings is 1. The number of hydrogen-bond acceptors (Lipinski definition) is 5. The Morgan fingerprint density at radius 2 is 2.00 bits per heavy atom. The zero-order chi connectivity index (χ0) is 18.9. The van der Waals surface area contributed by atoms with Crippen molar-refractivity contribution in [1.82, 2.24) is 4.90 Å². The number of fused-ring (bicyclic) bond motifs is 1. The van der Waals surface area contributed by atoms with Gasteiger partial charge in [-0.2, -0.15) is 0 Å². The molecule has 4 N–H and O–H groups in total. The van der Waals surface area contributed by atoms with E-state index in [9.17, 15) is 23.1 Å². The summed E-state index contributed by atoms with van der Waals surface area (Å²) in [6.45, 7) is -0.0300. The third kappa shape index (κ3) is 4.05. The van der Waals surface area contributed by atoms with E-state index >= 15 is 0 Å². The van der Waals surface area contributed by atoms with Crippen molar-refractivity contribution in [2.75, 3.05) is 11.9 Å². The number of carbonyl (C=O) groups is 2. The minimum absolute atomic E-state index is 0.0300. The fourth-order valence-electron chi connectivity index (χ4n) is 4.14. The maximum Gasteiger partial charge on any atom is 0.320 e. The molecule has 0 aromatic heterocycles. The fraction of sp³-hybridized carbons (Fsp3) is 0.529. The van der Waals surface area contributed by atoms with Crippen molar-refractivity contribution in [2.45, 2.75) is 49.1 Å². The maximum atomic E-state index is 12.4. The first-order chi connectivity index (χ1) is 12.3. The second-order valence-corrected chi connectivity index (χ2v) is 8.56. The lowest BCUT2D eigenvalue weighted by molar-refractivity contribution is -0.143. The number of likely N-dealkylation sites (tertiary alicyclic amines) is 1. The van der Waals surface area contributed by atoms with Gasteiger partial charge in [0.05, 0.1) is 11.4 Å². The quantitative estimate of drug-likeness (QED) is 0.697. The molecule has 3 unspecified atom stereocenters. The molecule has 1 aromatic carbocycles. The highest BCUT2D eigenvalue weighted by Crippen LogP contribution is 2.39. The molecule has 1 saturated heterocycles. The summed E-state index contributed by atoms with van der Waals surface area (Å²) in [5.74, 6) is -0.944. The monoisotopic (exact) mass is 381 g/mol. The molecule has 1 saturated carbocycles. The first-order valence-corrected chi connectivity index (χ1v) is 10.2. The Labute approximate surface area is 152 Å². The van der Waals surface area contributed by atoms with E-state index in [4.69, 9.17) is 5.14 Å². The van der Waals surface area contributed by atoms with Crippen molar-refractivity contribution in [3.05, 3.63) is 24.3 Å². The van der Waals surface area contributed by atoms with Crippen molar-refractivity contribution < 1.29 is 23.1 Å². The van der Waals surface area contributed by atoms with Gasteiger partial charge in [0.15, 0.2) is 0 Å². The van der Waals surface area contributed by atoms with Crippen LogP contribution in [0, 0.1) is 5.92 Å². The van der Waals surface area contributed by atoms with Crippen LogP contribution >= 0.6 is 0 Å². The molecule has 3 atom stereocenters. The van der Waals surface area contributed by atoms with Gasteiger partial charge in [-0.25, -0.2) is 13.6 Å². The van der Waals surface area contributed by atoms with Crippen molar-refractivity contribution in [3.8, 4) is 0 Å². The van der Waals surface area contributed by atoms with Crippen molar-refractivity contribution >= 4 is 27.6 Å². The minimum Gasteiger partial charge on any atom is -0.480 e. The number of nitrogens with one attached hydrogen (secondary N) is 1. The van der Waals surface area contributed by atoms with Crippen LogP contribution in [0.5, 0.6) is 0 Å². The lowest BCUT2D eigenvalue weighted by atomic mass is 9.85. The number of aliphatic carboxylic acids is 1. The van der Waals surface area contributed by atoms with Gasteiger partial charge in [-0.15, -0.1) is 0 Å². The van der Waals surface area contributed by atoms with Gasteiger partial charge in [0.2, 0.25) is 15.9 Å². The lowest BCUT2D eigenvalue weighted by Gasteiger charge is -2.32. The topological polar surface area (TPSA) is 130 Å². The number of sulfonamides is 1. The number of carboxylic acids is 1. The molecule has 8 nitrogen and oxygen atoms in total. The summed E-state index contributed by atoms with van der Waals surface area (Å²) >= 11 is 0. The zero-order valence-electron chi connectivity index (χ0n) is 14.3. The lowest BCUT2D eigenvalue weighted by Crippen LogP contribution is -2.46. The summed E-state index contributed by atoms with van der Waals surface area (Å²) in [6, 6.07) is 5.15. The van der Waals surface area contributed by atoms with Crippen LogP contribution in [0.25, 0.3) is 0 Å². The third-order valence-corrected chi connectivity index (χ3v) is 6.19. The number of anilines is 1. The summed E-state index contributed by atoms with van der Waals surface area (Å²) in [7, 11) is -3.86. The Morgan fingerprint density at radius 3 is 2.69 bits per heavy atom. The smallest absolute Gasteiger partial charge is 0.320 e. The Balaban J connectivity index is 1.71. The van der Waals surface area contributed by atoms with E-state index in [2.05, 4.69) is 5.32 Å². The van der Waals surface area contributed by atoms with E-state index in [-0.39, 0.29) is 23.4 Å². The van der Waals surface area contributed by atoms with Gasteiger partial charge in [0, 0.05) is 11.7 Å². The molecule has 3 rings (SSSR count). The second-order valence-electron chi connectivity index (χ2n) is 6.99. The van der Waals surface area contributed by atoms with E-state index in [1.54, 1.807) is 11.0 Å². The first-order valence-electron chi connectivity index (χ1n) is 8.67. The standard InChI is InChI=1S/C17H23N3O5S/c18-26(24,25)13-6-3-5-12(9-13)19-16(21)10-20-14-7-2-1-4-11(14)8-15(20)17(22)23/h3,5-6,9,11,14-15H,1-2,4,7-8,10H2,(H,19,21)(H,22,23)(H2,18,24,25). The number of hydrogen-bond donors (Lipinski definition) is 3. The number of carbonyl (C=O) groups excluding carboxylic acids is 1. The van der Waals surface area contributed by atoms with E-state index in [0.29, 0.717) is 18.0 Å². The first kappa shape index (κ1) is 18.8. The number of rotatable bonds is 5. The molecular formula is C17H23N3O5S. The molecule has 2 fully saturated rings. The van der Waals surface area contributed by atoms with E-state index in [1.807, 2.05) is 0 Å². The molecule has 1 aliphatic carbocycles. The zero-order valence-corrected chi connectivity index (χ0v) is 15.1. The van der Waals surface area contributed by atoms with Gasteiger partial charge in [-0.3, -0.25) is 14.5 Å². The third-order valence-electron chi connectivity index (χ3n) is 5.28. The van der Waals surface area contributed by atoms with Crippen LogP contribution in [0.1, 0.15) is 32.1 Å². The average molecular weight is 381 g/mol. The summed E-state index contributed by atoms with van der Waals surface area (Å²) in [5.41, 5.74) is 0.313. The molecule has 0 spiro atoms. The molecule has 1 heterocycles. The predicted molar refractivity (Wildman–Crippen MR) is 94.9 cm³/mol. The van der Waals surface area contributed by atoms with Crippen LogP contribution in [0.3, 0.4) is 0 Å². The number of primary sulfonamides is 1. The van der Waals surface area contributed by atoms with Gasteiger partial charge in [0.1, 0.15) is 6.04 Å². The molecule has 26 heavy (non-hydrogen) atoms. The summed E-state index contributed by atoms with van der Waals surface area (Å²) < 4.78 is 22.8. The van der Waals surface area contributed by atoms with Gasteiger partial charge < -0.3 is 10.4 Å². The van der Waals surface area contributed by atoms with Gasteiger partial charge in [0.25, 0.3) is 0 Å². The van der Waals surface area contributed by atoms with Gasteiger partial charge in [-0.05, 0) is 43.4 Å². The van der Waals surface area contributed by atoms with Gasteiger partial charge >= 0.3 is 5.97 Å². The van der Waals surface area contributed by atoms with Crippen LogP contribution < -0.4 is 10.5 Å². The largest absolute Gasteiger partial charge is 0.480 e. The van der Waals surface area contributed by atoms with Crippen LogP contribution in [-0.4, -0.2) is 48.9 Å². The SMILES string of the molecule is NS(=O)(=O)c1cccc(NC(=O)CN2C(C(=O)O)CC3CCCCC32)c1. The van der Waals surface area contributed by atoms with E-state index < -0.39 is 22.0 Å². The Morgan fingerprint density at radius 1 is 1.27 bits per heavy atom. The van der Waals surface area contributed by atoms with Crippen LogP contribution in [0.4, 0.5) is 5.69 Å². The number of nitrogens with two attached hydrogens (primary N) is 1. The highest BCUT2D eigenvalue weighted by atomic mass is 32.2. The highest BCUT2D eigenvalue weighted by Gasteiger charge is 2.45. The predicted octanol–water partition coefficient (Wildman–Crippen LogP) is 0.990. The van der Waals surface area contributed by atoms with Crippen molar-refractivity contribution in [3.63, 3.8) is 0 Å². The Hall–Kier alpha value is -1.97. The molecule has 0 bridgehead atoms.